The number of nitrogens with zero attached hydrogens (tertiary/aromatic N) is 1. The Bertz CT molecular complexity index is 561. The van der Waals surface area contributed by atoms with E-state index in [0.29, 0.717) is 10.6 Å². The molecule has 0 unspecified atom stereocenters. The van der Waals surface area contributed by atoms with E-state index in [1.807, 2.05) is 5.38 Å². The highest BCUT2D eigenvalue weighted by atomic mass is 32.1. The summed E-state index contributed by atoms with van der Waals surface area (Å²) in [5, 5.41) is 11.6. The second-order valence-corrected chi connectivity index (χ2v) is 5.21. The van der Waals surface area contributed by atoms with Crippen LogP contribution in [0.4, 0.5) is 5.00 Å². The van der Waals surface area contributed by atoms with Gasteiger partial charge in [-0.2, -0.15) is 5.26 Å². The van der Waals surface area contributed by atoms with E-state index < -0.39 is 0 Å². The standard InChI is InChI=1S/C15H16N2S/c1-2-3-4-11-5-7-12(8-6-11)14-10-18-15(17)13(14)9-16/h5-8,10H,2-4,17H2,1H3. The molecule has 0 bridgehead atoms. The first kappa shape index (κ1) is 12.7. The molecule has 1 aromatic carbocycles. The summed E-state index contributed by atoms with van der Waals surface area (Å²) in [6.07, 6.45) is 3.54. The maximum absolute atomic E-state index is 9.10. The molecule has 92 valence electrons. The van der Waals surface area contributed by atoms with Gasteiger partial charge in [0.05, 0.1) is 5.56 Å². The van der Waals surface area contributed by atoms with Gasteiger partial charge < -0.3 is 5.73 Å². The predicted octanol–water partition coefficient (Wildman–Crippen LogP) is 4.21. The summed E-state index contributed by atoms with van der Waals surface area (Å²) in [6.45, 7) is 2.20. The van der Waals surface area contributed by atoms with Crippen LogP contribution in [0.1, 0.15) is 30.9 Å². The average Bonchev–Trinajstić information content (AvgIpc) is 2.78. The zero-order valence-electron chi connectivity index (χ0n) is 10.4. The minimum atomic E-state index is 0.598. The van der Waals surface area contributed by atoms with Crippen LogP contribution in [-0.2, 0) is 6.42 Å². The normalized spacial score (nSPS) is 10.2. The van der Waals surface area contributed by atoms with Gasteiger partial charge in [-0.05, 0) is 24.0 Å². The number of anilines is 1. The van der Waals surface area contributed by atoms with E-state index in [1.165, 1.54) is 29.7 Å². The van der Waals surface area contributed by atoms with Crippen LogP contribution in [0.25, 0.3) is 11.1 Å². The molecule has 0 aliphatic heterocycles. The molecule has 0 aliphatic rings. The predicted molar refractivity (Wildman–Crippen MR) is 77.5 cm³/mol. The number of hydrogen-bond acceptors (Lipinski definition) is 3. The third-order valence-corrected chi connectivity index (χ3v) is 3.83. The molecule has 0 amide bonds. The summed E-state index contributed by atoms with van der Waals surface area (Å²) in [7, 11) is 0. The van der Waals surface area contributed by atoms with Crippen molar-refractivity contribution in [1.82, 2.24) is 0 Å². The van der Waals surface area contributed by atoms with Crippen molar-refractivity contribution >= 4 is 16.3 Å². The van der Waals surface area contributed by atoms with Gasteiger partial charge in [-0.1, -0.05) is 37.6 Å². The Balaban J connectivity index is 2.26. The molecular formula is C15H16N2S. The largest absolute Gasteiger partial charge is 0.389 e. The molecule has 2 aromatic rings. The lowest BCUT2D eigenvalue weighted by molar-refractivity contribution is 0.795. The summed E-state index contributed by atoms with van der Waals surface area (Å²) < 4.78 is 0. The monoisotopic (exact) mass is 256 g/mol. The molecule has 1 aromatic heterocycles. The highest BCUT2D eigenvalue weighted by molar-refractivity contribution is 7.14. The van der Waals surface area contributed by atoms with Crippen molar-refractivity contribution in [1.29, 1.82) is 5.26 Å². The first-order valence-corrected chi connectivity index (χ1v) is 7.00. The Morgan fingerprint density at radius 1 is 1.28 bits per heavy atom. The fourth-order valence-electron chi connectivity index (χ4n) is 1.93. The lowest BCUT2D eigenvalue weighted by Crippen LogP contribution is -1.87. The molecule has 0 saturated carbocycles. The van der Waals surface area contributed by atoms with Crippen LogP contribution in [-0.4, -0.2) is 0 Å². The van der Waals surface area contributed by atoms with Gasteiger partial charge in [0.1, 0.15) is 11.1 Å². The fraction of sp³-hybridized carbons (Fsp3) is 0.267. The van der Waals surface area contributed by atoms with Crippen LogP contribution in [0.3, 0.4) is 0 Å². The minimum Gasteiger partial charge on any atom is -0.389 e. The first-order chi connectivity index (χ1) is 8.76. The van der Waals surface area contributed by atoms with Crippen molar-refractivity contribution in [3.8, 4) is 17.2 Å². The van der Waals surface area contributed by atoms with Crippen LogP contribution in [0.2, 0.25) is 0 Å². The zero-order chi connectivity index (χ0) is 13.0. The van der Waals surface area contributed by atoms with Crippen molar-refractivity contribution in [3.05, 3.63) is 40.8 Å². The van der Waals surface area contributed by atoms with Gasteiger partial charge in [-0.3, -0.25) is 0 Å². The number of unbranched alkanes of at least 4 members (excludes halogenated alkanes) is 1. The van der Waals surface area contributed by atoms with Crippen molar-refractivity contribution in [2.24, 2.45) is 0 Å². The molecule has 18 heavy (non-hydrogen) atoms. The molecule has 0 saturated heterocycles. The van der Waals surface area contributed by atoms with Crippen molar-refractivity contribution in [2.75, 3.05) is 5.73 Å². The van der Waals surface area contributed by atoms with Gasteiger partial charge in [-0.15, -0.1) is 11.3 Å². The van der Waals surface area contributed by atoms with E-state index in [4.69, 9.17) is 11.0 Å². The number of aryl methyl sites for hydroxylation is 1. The first-order valence-electron chi connectivity index (χ1n) is 6.12. The van der Waals surface area contributed by atoms with E-state index >= 15 is 0 Å². The van der Waals surface area contributed by atoms with Gasteiger partial charge in [0.2, 0.25) is 0 Å². The molecule has 0 atom stereocenters. The van der Waals surface area contributed by atoms with Crippen molar-refractivity contribution < 1.29 is 0 Å². The van der Waals surface area contributed by atoms with Crippen LogP contribution >= 0.6 is 11.3 Å². The average molecular weight is 256 g/mol. The van der Waals surface area contributed by atoms with Gasteiger partial charge in [0.25, 0.3) is 0 Å². The van der Waals surface area contributed by atoms with Crippen LogP contribution in [0.5, 0.6) is 0 Å². The summed E-state index contributed by atoms with van der Waals surface area (Å²) in [5.41, 5.74) is 9.74. The number of nitriles is 1. The topological polar surface area (TPSA) is 49.8 Å². The van der Waals surface area contributed by atoms with Crippen molar-refractivity contribution in [3.63, 3.8) is 0 Å². The summed E-state index contributed by atoms with van der Waals surface area (Å²) in [4.78, 5) is 0. The molecule has 2 nitrogen and oxygen atoms in total. The molecule has 0 fully saturated rings. The zero-order valence-corrected chi connectivity index (χ0v) is 11.3. The van der Waals surface area contributed by atoms with Gasteiger partial charge in [0, 0.05) is 10.9 Å². The molecule has 0 radical (unpaired) electrons. The third kappa shape index (κ3) is 2.55. The lowest BCUT2D eigenvalue weighted by Gasteiger charge is -2.03. The fourth-order valence-corrected chi connectivity index (χ4v) is 2.70. The highest BCUT2D eigenvalue weighted by Gasteiger charge is 2.10. The lowest BCUT2D eigenvalue weighted by atomic mass is 10.0. The summed E-state index contributed by atoms with van der Waals surface area (Å²) >= 11 is 1.42. The van der Waals surface area contributed by atoms with E-state index in [1.54, 1.807) is 0 Å². The third-order valence-electron chi connectivity index (χ3n) is 3.02. The Labute approximate surface area is 112 Å². The SMILES string of the molecule is CCCCc1ccc(-c2csc(N)c2C#N)cc1. The second-order valence-electron chi connectivity index (χ2n) is 4.30. The second kappa shape index (κ2) is 5.70. The van der Waals surface area contributed by atoms with Crippen LogP contribution in [0, 0.1) is 11.3 Å². The molecule has 2 rings (SSSR count). The minimum absolute atomic E-state index is 0.598. The Kier molecular flexibility index (Phi) is 4.01. The van der Waals surface area contributed by atoms with Crippen LogP contribution < -0.4 is 5.73 Å². The molecule has 3 heteroatoms. The van der Waals surface area contributed by atoms with E-state index in [9.17, 15) is 0 Å². The maximum atomic E-state index is 9.10. The Hall–Kier alpha value is -1.79. The Morgan fingerprint density at radius 3 is 2.61 bits per heavy atom. The molecule has 1 heterocycles. The van der Waals surface area contributed by atoms with Gasteiger partial charge >= 0.3 is 0 Å². The molecular weight excluding hydrogens is 240 g/mol. The molecule has 0 aliphatic carbocycles. The number of nitrogens with two attached hydrogens (primary N) is 1. The highest BCUT2D eigenvalue weighted by Crippen LogP contribution is 2.32. The quantitative estimate of drug-likeness (QED) is 0.890. The molecule has 0 spiro atoms. The Morgan fingerprint density at radius 2 is 2.00 bits per heavy atom. The summed E-state index contributed by atoms with van der Waals surface area (Å²) in [5.74, 6) is 0. The number of benzene rings is 1. The van der Waals surface area contributed by atoms with Crippen LogP contribution in [0.15, 0.2) is 29.6 Å². The number of thiophene rings is 1. The summed E-state index contributed by atoms with van der Waals surface area (Å²) in [6, 6.07) is 10.6. The van der Waals surface area contributed by atoms with E-state index in [0.717, 1.165) is 17.5 Å². The van der Waals surface area contributed by atoms with Gasteiger partial charge in [-0.25, -0.2) is 0 Å². The maximum Gasteiger partial charge on any atom is 0.104 e. The van der Waals surface area contributed by atoms with Gasteiger partial charge in [0.15, 0.2) is 0 Å². The number of nitrogen functional groups attached to an aromatic ring is 1. The van der Waals surface area contributed by atoms with E-state index in [-0.39, 0.29) is 0 Å². The van der Waals surface area contributed by atoms with Crippen molar-refractivity contribution in [2.45, 2.75) is 26.2 Å². The number of rotatable bonds is 4. The number of hydrogen-bond donors (Lipinski definition) is 1. The van der Waals surface area contributed by atoms with E-state index in [2.05, 4.69) is 37.3 Å². The molecule has 2 N–H and O–H groups in total. The smallest absolute Gasteiger partial charge is 0.104 e.